The highest BCUT2D eigenvalue weighted by Gasteiger charge is 2.17. The van der Waals surface area contributed by atoms with Crippen LogP contribution in [0, 0.1) is 0 Å². The Morgan fingerprint density at radius 2 is 1.19 bits per heavy atom. The smallest absolute Gasteiger partial charge is 0.253 e. The van der Waals surface area contributed by atoms with Crippen LogP contribution in [0.1, 0.15) is 27.0 Å². The number of hydrogen-bond acceptors (Lipinski definition) is 4. The van der Waals surface area contributed by atoms with Gasteiger partial charge in [-0.15, -0.1) is 0 Å². The van der Waals surface area contributed by atoms with Crippen LogP contribution in [0.5, 0.6) is 0 Å². The molecule has 0 radical (unpaired) electrons. The summed E-state index contributed by atoms with van der Waals surface area (Å²) < 4.78 is 0. The van der Waals surface area contributed by atoms with Crippen LogP contribution in [0.2, 0.25) is 0 Å². The second-order valence-electron chi connectivity index (χ2n) is 9.83. The zero-order valence-electron chi connectivity index (χ0n) is 21.5. The minimum absolute atomic E-state index is 0.0339. The maximum Gasteiger partial charge on any atom is 0.253 e. The number of hydrogen-bond donors (Lipinski definition) is 0. The number of carbonyl (C=O) groups is 1. The molecule has 1 saturated heterocycles. The minimum atomic E-state index is 0.0339. The molecule has 0 atom stereocenters. The number of amides is 1. The molecule has 4 aromatic rings. The lowest BCUT2D eigenvalue weighted by Crippen LogP contribution is -2.45. The third-order valence-corrected chi connectivity index (χ3v) is 7.06. The molecule has 188 valence electrons. The van der Waals surface area contributed by atoms with E-state index < -0.39 is 0 Å². The standard InChI is InChI=1S/C32H34N4O/c1-34(23-26-5-3-2-4-6-26)32(37)31-13-11-30(12-14-31)29-9-7-27(8-10-29)24-35-19-21-36(22-20-35)25-28-15-17-33-18-16-28/h2-18H,19-25H2,1H3. The van der Waals surface area contributed by atoms with E-state index in [1.165, 1.54) is 16.7 Å². The van der Waals surface area contributed by atoms with Gasteiger partial charge in [0.15, 0.2) is 0 Å². The second-order valence-corrected chi connectivity index (χ2v) is 9.83. The minimum Gasteiger partial charge on any atom is -0.337 e. The molecule has 0 N–H and O–H groups in total. The fourth-order valence-electron chi connectivity index (χ4n) is 4.87. The summed E-state index contributed by atoms with van der Waals surface area (Å²) in [5, 5.41) is 0. The first kappa shape index (κ1) is 24.9. The molecule has 5 rings (SSSR count). The van der Waals surface area contributed by atoms with Crippen molar-refractivity contribution < 1.29 is 4.79 Å². The van der Waals surface area contributed by atoms with E-state index in [-0.39, 0.29) is 5.91 Å². The molecule has 1 fully saturated rings. The van der Waals surface area contributed by atoms with Crippen molar-refractivity contribution in [3.8, 4) is 11.1 Å². The number of pyridine rings is 1. The number of benzene rings is 3. The van der Waals surface area contributed by atoms with Crippen LogP contribution in [-0.2, 0) is 19.6 Å². The number of carbonyl (C=O) groups excluding carboxylic acids is 1. The summed E-state index contributed by atoms with van der Waals surface area (Å²) in [4.78, 5) is 23.8. The first-order valence-electron chi connectivity index (χ1n) is 13.0. The SMILES string of the molecule is CN(Cc1ccccc1)C(=O)c1ccc(-c2ccc(CN3CCN(Cc4ccncc4)CC3)cc2)cc1. The van der Waals surface area contributed by atoms with Gasteiger partial charge in [0.1, 0.15) is 0 Å². The molecule has 1 aliphatic rings. The quantitative estimate of drug-likeness (QED) is 0.334. The lowest BCUT2D eigenvalue weighted by Gasteiger charge is -2.34. The molecule has 37 heavy (non-hydrogen) atoms. The number of aromatic nitrogens is 1. The molecule has 0 bridgehead atoms. The fraction of sp³-hybridized carbons (Fsp3) is 0.250. The van der Waals surface area contributed by atoms with Crippen molar-refractivity contribution in [2.45, 2.75) is 19.6 Å². The molecule has 1 aliphatic heterocycles. The molecule has 3 aromatic carbocycles. The van der Waals surface area contributed by atoms with E-state index in [9.17, 15) is 4.79 Å². The Morgan fingerprint density at radius 1 is 0.676 bits per heavy atom. The fourth-order valence-corrected chi connectivity index (χ4v) is 4.87. The molecule has 1 amide bonds. The molecule has 0 aliphatic carbocycles. The van der Waals surface area contributed by atoms with Crippen LogP contribution in [0.3, 0.4) is 0 Å². The topological polar surface area (TPSA) is 39.7 Å². The van der Waals surface area contributed by atoms with Gasteiger partial charge in [-0.2, -0.15) is 0 Å². The Hall–Kier alpha value is -3.80. The Balaban J connectivity index is 1.12. The maximum absolute atomic E-state index is 12.9. The Morgan fingerprint density at radius 3 is 1.76 bits per heavy atom. The molecule has 1 aromatic heterocycles. The highest BCUT2D eigenvalue weighted by molar-refractivity contribution is 5.94. The van der Waals surface area contributed by atoms with Crippen LogP contribution in [0.15, 0.2) is 103 Å². The molecule has 0 saturated carbocycles. The zero-order chi connectivity index (χ0) is 25.5. The van der Waals surface area contributed by atoms with Crippen molar-refractivity contribution in [2.75, 3.05) is 33.2 Å². The molecule has 5 nitrogen and oxygen atoms in total. The van der Waals surface area contributed by atoms with Gasteiger partial charge in [0.2, 0.25) is 0 Å². The zero-order valence-corrected chi connectivity index (χ0v) is 21.5. The normalized spacial score (nSPS) is 14.4. The van der Waals surface area contributed by atoms with Crippen LogP contribution >= 0.6 is 0 Å². The van der Waals surface area contributed by atoms with E-state index in [2.05, 4.69) is 51.2 Å². The average Bonchev–Trinajstić information content (AvgIpc) is 2.95. The largest absolute Gasteiger partial charge is 0.337 e. The summed E-state index contributed by atoms with van der Waals surface area (Å²) >= 11 is 0. The van der Waals surface area contributed by atoms with E-state index in [1.54, 1.807) is 4.90 Å². The molecular weight excluding hydrogens is 456 g/mol. The van der Waals surface area contributed by atoms with Crippen molar-refractivity contribution in [2.24, 2.45) is 0 Å². The van der Waals surface area contributed by atoms with Gasteiger partial charge in [-0.1, -0.05) is 66.7 Å². The summed E-state index contributed by atoms with van der Waals surface area (Å²) in [6, 6.07) is 31.0. The average molecular weight is 491 g/mol. The van der Waals surface area contributed by atoms with Crippen LogP contribution in [-0.4, -0.2) is 58.8 Å². The second kappa shape index (κ2) is 12.0. The first-order chi connectivity index (χ1) is 18.1. The molecule has 5 heteroatoms. The van der Waals surface area contributed by atoms with E-state index in [1.807, 2.05) is 74.0 Å². The van der Waals surface area contributed by atoms with E-state index in [0.717, 1.165) is 50.4 Å². The van der Waals surface area contributed by atoms with Gasteiger partial charge < -0.3 is 4.90 Å². The molecule has 0 unspecified atom stereocenters. The van der Waals surface area contributed by atoms with Gasteiger partial charge in [-0.05, 0) is 52.1 Å². The summed E-state index contributed by atoms with van der Waals surface area (Å²) in [6.45, 7) is 6.92. The summed E-state index contributed by atoms with van der Waals surface area (Å²) in [7, 11) is 1.85. The van der Waals surface area contributed by atoms with Crippen molar-refractivity contribution in [1.82, 2.24) is 19.7 Å². The van der Waals surface area contributed by atoms with Crippen molar-refractivity contribution in [1.29, 1.82) is 0 Å². The Bertz CT molecular complexity index is 1270. The lowest BCUT2D eigenvalue weighted by molar-refractivity contribution is 0.0785. The van der Waals surface area contributed by atoms with Crippen molar-refractivity contribution >= 4 is 5.91 Å². The van der Waals surface area contributed by atoms with E-state index in [4.69, 9.17) is 0 Å². The summed E-state index contributed by atoms with van der Waals surface area (Å²) in [5.74, 6) is 0.0339. The predicted octanol–water partition coefficient (Wildman–Crippen LogP) is 5.34. The predicted molar refractivity (Wildman–Crippen MR) is 149 cm³/mol. The van der Waals surface area contributed by atoms with E-state index >= 15 is 0 Å². The summed E-state index contributed by atoms with van der Waals surface area (Å²) in [5.41, 5.74) is 6.79. The first-order valence-corrected chi connectivity index (χ1v) is 13.0. The van der Waals surface area contributed by atoms with Gasteiger partial charge in [-0.3, -0.25) is 19.6 Å². The number of piperazine rings is 1. The highest BCUT2D eigenvalue weighted by Crippen LogP contribution is 2.22. The van der Waals surface area contributed by atoms with Crippen LogP contribution in [0.4, 0.5) is 0 Å². The molecule has 2 heterocycles. The third kappa shape index (κ3) is 6.70. The Labute approximate surface area is 220 Å². The van der Waals surface area contributed by atoms with Gasteiger partial charge in [-0.25, -0.2) is 0 Å². The highest BCUT2D eigenvalue weighted by atomic mass is 16.2. The monoisotopic (exact) mass is 490 g/mol. The van der Waals surface area contributed by atoms with Crippen LogP contribution in [0.25, 0.3) is 11.1 Å². The Kier molecular flexibility index (Phi) is 8.04. The lowest BCUT2D eigenvalue weighted by atomic mass is 10.0. The van der Waals surface area contributed by atoms with E-state index in [0.29, 0.717) is 12.1 Å². The molecular formula is C32H34N4O. The van der Waals surface area contributed by atoms with Crippen molar-refractivity contribution in [3.63, 3.8) is 0 Å². The molecule has 0 spiro atoms. The number of rotatable bonds is 8. The van der Waals surface area contributed by atoms with Gasteiger partial charge in [0, 0.05) is 70.8 Å². The summed E-state index contributed by atoms with van der Waals surface area (Å²) in [6.07, 6.45) is 3.74. The van der Waals surface area contributed by atoms with Gasteiger partial charge >= 0.3 is 0 Å². The van der Waals surface area contributed by atoms with Gasteiger partial charge in [0.25, 0.3) is 5.91 Å². The maximum atomic E-state index is 12.9. The van der Waals surface area contributed by atoms with Gasteiger partial charge in [0.05, 0.1) is 0 Å². The third-order valence-electron chi connectivity index (χ3n) is 7.06. The van der Waals surface area contributed by atoms with Crippen molar-refractivity contribution in [3.05, 3.63) is 126 Å². The van der Waals surface area contributed by atoms with Crippen LogP contribution < -0.4 is 0 Å². The number of nitrogens with zero attached hydrogens (tertiary/aromatic N) is 4.